The number of nitrogens with two attached hydrogens (primary N) is 1. The van der Waals surface area contributed by atoms with Gasteiger partial charge in [-0.1, -0.05) is 41.4 Å². The van der Waals surface area contributed by atoms with Crippen molar-refractivity contribution in [1.82, 2.24) is 14.4 Å². The fraction of sp³-hybridized carbons (Fsp3) is 0.136. The van der Waals surface area contributed by atoms with Crippen molar-refractivity contribution in [3.05, 3.63) is 75.8 Å². The molecule has 176 valence electrons. The maximum Gasteiger partial charge on any atom is 0.339 e. The van der Waals surface area contributed by atoms with Crippen molar-refractivity contribution in [2.45, 2.75) is 19.0 Å². The van der Waals surface area contributed by atoms with Gasteiger partial charge >= 0.3 is 5.97 Å². The van der Waals surface area contributed by atoms with Crippen LogP contribution in [0.25, 0.3) is 16.8 Å². The number of nitrogen functional groups attached to an aromatic ring is 1. The molecule has 2 aromatic heterocycles. The molecule has 0 bridgehead atoms. The summed E-state index contributed by atoms with van der Waals surface area (Å²) in [6.45, 7) is 1.72. The van der Waals surface area contributed by atoms with E-state index < -0.39 is 23.8 Å². The van der Waals surface area contributed by atoms with E-state index in [2.05, 4.69) is 15.3 Å². The molecule has 0 fully saturated rings. The molecule has 0 radical (unpaired) electrons. The Hall–Kier alpha value is -3.25. The number of aliphatic hydroxyl groups excluding tert-OH is 1. The van der Waals surface area contributed by atoms with Gasteiger partial charge in [0.15, 0.2) is 6.10 Å². The Morgan fingerprint density at radius 3 is 2.56 bits per heavy atom. The van der Waals surface area contributed by atoms with E-state index in [0.717, 1.165) is 4.40 Å². The van der Waals surface area contributed by atoms with Gasteiger partial charge in [0, 0.05) is 16.3 Å². The number of halogens is 2. The molecule has 4 rings (SSSR count). The molecular weight excluding hydrogens is 485 g/mol. The number of rotatable bonds is 5. The van der Waals surface area contributed by atoms with E-state index in [-0.39, 0.29) is 22.2 Å². The SMILES string of the molecule is Cc1cc(NC(=O)C(O)c2cccc(Cl)c2)ccc1-c1nc(C(O)(O)O)n2c(Cl)cnc(N)c12. The third-order valence-electron chi connectivity index (χ3n) is 5.11. The number of hydrogen-bond acceptors (Lipinski definition) is 8. The highest BCUT2D eigenvalue weighted by Gasteiger charge is 2.32. The molecule has 0 saturated heterocycles. The summed E-state index contributed by atoms with van der Waals surface area (Å²) in [6, 6.07) is 11.1. The number of anilines is 2. The third kappa shape index (κ3) is 4.42. The lowest BCUT2D eigenvalue weighted by atomic mass is 10.0. The number of carbonyl (C=O) groups is 1. The number of nitrogens with zero attached hydrogens (tertiary/aromatic N) is 3. The van der Waals surface area contributed by atoms with E-state index in [4.69, 9.17) is 28.9 Å². The van der Waals surface area contributed by atoms with E-state index in [1.54, 1.807) is 43.3 Å². The molecule has 0 saturated carbocycles. The highest BCUT2D eigenvalue weighted by Crippen LogP contribution is 2.35. The van der Waals surface area contributed by atoms with Crippen LogP contribution in [0.15, 0.2) is 48.7 Å². The smallest absolute Gasteiger partial charge is 0.339 e. The number of aromatic nitrogens is 3. The Balaban J connectivity index is 1.71. The third-order valence-corrected chi connectivity index (χ3v) is 5.61. The second-order valence-electron chi connectivity index (χ2n) is 7.55. The second-order valence-corrected chi connectivity index (χ2v) is 8.37. The largest absolute Gasteiger partial charge is 0.382 e. The number of amides is 1. The number of fused-ring (bicyclic) bond motifs is 1. The lowest BCUT2D eigenvalue weighted by Crippen LogP contribution is -2.27. The maximum atomic E-state index is 12.5. The molecular formula is C22H19Cl2N5O5. The summed E-state index contributed by atoms with van der Waals surface area (Å²) in [5.74, 6) is -4.53. The molecule has 12 heteroatoms. The predicted molar refractivity (Wildman–Crippen MR) is 126 cm³/mol. The fourth-order valence-electron chi connectivity index (χ4n) is 3.56. The first-order valence-electron chi connectivity index (χ1n) is 9.83. The van der Waals surface area contributed by atoms with E-state index in [1.165, 1.54) is 12.3 Å². The Bertz CT molecular complexity index is 1420. The van der Waals surface area contributed by atoms with Crippen molar-refractivity contribution < 1.29 is 25.2 Å². The number of nitrogens with one attached hydrogen (secondary N) is 1. The van der Waals surface area contributed by atoms with Crippen LogP contribution in [0.2, 0.25) is 10.2 Å². The van der Waals surface area contributed by atoms with Crippen molar-refractivity contribution in [3.63, 3.8) is 0 Å². The van der Waals surface area contributed by atoms with Gasteiger partial charge < -0.3 is 31.5 Å². The maximum absolute atomic E-state index is 12.5. The number of aliphatic hydroxyl groups is 4. The van der Waals surface area contributed by atoms with Crippen molar-refractivity contribution in [1.29, 1.82) is 0 Å². The van der Waals surface area contributed by atoms with Crippen LogP contribution < -0.4 is 11.1 Å². The number of benzene rings is 2. The second kappa shape index (κ2) is 8.84. The number of carbonyl (C=O) groups excluding carboxylic acids is 1. The monoisotopic (exact) mass is 503 g/mol. The minimum atomic E-state index is -3.29. The average Bonchev–Trinajstić information content (AvgIpc) is 3.18. The number of imidazole rings is 1. The molecule has 1 unspecified atom stereocenters. The quantitative estimate of drug-likeness (QED) is 0.225. The highest BCUT2D eigenvalue weighted by molar-refractivity contribution is 6.30. The summed E-state index contributed by atoms with van der Waals surface area (Å²) in [7, 11) is 0. The van der Waals surface area contributed by atoms with E-state index in [9.17, 15) is 25.2 Å². The summed E-state index contributed by atoms with van der Waals surface area (Å²) in [6.07, 6.45) is -0.250. The van der Waals surface area contributed by atoms with Crippen molar-refractivity contribution >= 4 is 46.1 Å². The lowest BCUT2D eigenvalue weighted by Gasteiger charge is -2.13. The van der Waals surface area contributed by atoms with Crippen molar-refractivity contribution in [2.75, 3.05) is 11.1 Å². The topological polar surface area (TPSA) is 166 Å². The molecule has 1 amide bonds. The van der Waals surface area contributed by atoms with E-state index >= 15 is 0 Å². The molecule has 34 heavy (non-hydrogen) atoms. The first kappa shape index (κ1) is 23.9. The van der Waals surface area contributed by atoms with Gasteiger partial charge in [-0.15, -0.1) is 0 Å². The Labute approximate surface area is 202 Å². The van der Waals surface area contributed by atoms with Crippen LogP contribution in [-0.2, 0) is 10.8 Å². The van der Waals surface area contributed by atoms with Crippen molar-refractivity contribution in [3.8, 4) is 11.3 Å². The molecule has 0 aliphatic rings. The number of hydrogen-bond donors (Lipinski definition) is 6. The van der Waals surface area contributed by atoms with Crippen LogP contribution in [0.5, 0.6) is 0 Å². The van der Waals surface area contributed by atoms with Gasteiger partial charge in [-0.05, 0) is 42.3 Å². The van der Waals surface area contributed by atoms with E-state index in [1.807, 2.05) is 0 Å². The van der Waals surface area contributed by atoms with E-state index in [0.29, 0.717) is 27.4 Å². The molecule has 1 atom stereocenters. The standard InChI is InChI=1S/C22H19Cl2N5O5/c1-10-7-13(27-20(31)18(30)11-3-2-4-12(23)8-11)5-6-14(10)16-17-19(25)26-9-15(24)29(17)21(28-16)22(32,33)34/h2-9,18,30,32-34H,1H3,(H2,25,26)(H,27,31). The predicted octanol–water partition coefficient (Wildman–Crippen LogP) is 2.35. The minimum Gasteiger partial charge on any atom is -0.382 e. The van der Waals surface area contributed by atoms with Crippen LogP contribution in [-0.4, -0.2) is 40.7 Å². The fourth-order valence-corrected chi connectivity index (χ4v) is 3.98. The molecule has 0 aliphatic heterocycles. The first-order valence-corrected chi connectivity index (χ1v) is 10.6. The zero-order valence-electron chi connectivity index (χ0n) is 17.6. The van der Waals surface area contributed by atoms with Crippen LogP contribution in [0.4, 0.5) is 11.5 Å². The van der Waals surface area contributed by atoms with Gasteiger partial charge in [0.05, 0.1) is 6.20 Å². The summed E-state index contributed by atoms with van der Waals surface area (Å²) in [5.41, 5.74) is 8.17. The molecule has 0 spiro atoms. The molecule has 10 nitrogen and oxygen atoms in total. The first-order chi connectivity index (χ1) is 16.0. The number of aryl methyl sites for hydroxylation is 1. The molecule has 4 aromatic rings. The van der Waals surface area contributed by atoms with Gasteiger partial charge in [0.25, 0.3) is 5.91 Å². The van der Waals surface area contributed by atoms with Crippen LogP contribution >= 0.6 is 23.2 Å². The van der Waals surface area contributed by atoms with Crippen LogP contribution in [0.1, 0.15) is 23.1 Å². The zero-order chi connectivity index (χ0) is 24.8. The van der Waals surface area contributed by atoms with Gasteiger partial charge in [-0.2, -0.15) is 0 Å². The summed E-state index contributed by atoms with van der Waals surface area (Å²) < 4.78 is 1.08. The summed E-state index contributed by atoms with van der Waals surface area (Å²) in [5, 5.41) is 42.6. The van der Waals surface area contributed by atoms with Gasteiger partial charge in [-0.3, -0.25) is 9.20 Å². The zero-order valence-corrected chi connectivity index (χ0v) is 19.1. The molecule has 2 heterocycles. The Kier molecular flexibility index (Phi) is 6.21. The molecule has 0 aliphatic carbocycles. The van der Waals surface area contributed by atoms with Gasteiger partial charge in [-0.25, -0.2) is 9.97 Å². The highest BCUT2D eigenvalue weighted by atomic mass is 35.5. The average molecular weight is 504 g/mol. The summed E-state index contributed by atoms with van der Waals surface area (Å²) in [4.78, 5) is 20.6. The molecule has 7 N–H and O–H groups in total. The van der Waals surface area contributed by atoms with Gasteiger partial charge in [0.1, 0.15) is 22.2 Å². The van der Waals surface area contributed by atoms with Crippen LogP contribution in [0, 0.1) is 6.92 Å². The Morgan fingerprint density at radius 1 is 1.18 bits per heavy atom. The summed E-state index contributed by atoms with van der Waals surface area (Å²) >= 11 is 12.1. The van der Waals surface area contributed by atoms with Gasteiger partial charge in [0.2, 0.25) is 5.82 Å². The Morgan fingerprint density at radius 2 is 1.91 bits per heavy atom. The minimum absolute atomic E-state index is 0.0103. The normalized spacial score (nSPS) is 12.7. The van der Waals surface area contributed by atoms with Crippen LogP contribution in [0.3, 0.4) is 0 Å². The van der Waals surface area contributed by atoms with Crippen molar-refractivity contribution in [2.24, 2.45) is 0 Å². The molecule has 2 aromatic carbocycles. The lowest BCUT2D eigenvalue weighted by molar-refractivity contribution is -0.329.